The van der Waals surface area contributed by atoms with Crippen molar-refractivity contribution in [2.24, 2.45) is 0 Å². The van der Waals surface area contributed by atoms with E-state index >= 15 is 0 Å². The predicted molar refractivity (Wildman–Crippen MR) is 133 cm³/mol. The third-order valence-electron chi connectivity index (χ3n) is 6.72. The molecule has 1 fully saturated rings. The number of carbonyl (C=O) groups is 2. The molecule has 1 aromatic heterocycles. The van der Waals surface area contributed by atoms with Crippen LogP contribution in [-0.2, 0) is 22.6 Å². The number of carbonyl (C=O) groups excluding carboxylic acids is 2. The Bertz CT molecular complexity index is 1300. The van der Waals surface area contributed by atoms with E-state index in [-0.39, 0.29) is 17.9 Å². The van der Waals surface area contributed by atoms with E-state index < -0.39 is 17.7 Å². The summed E-state index contributed by atoms with van der Waals surface area (Å²) in [5.74, 6) is -0.328. The first-order valence-corrected chi connectivity index (χ1v) is 12.0. The van der Waals surface area contributed by atoms with Gasteiger partial charge in [-0.1, -0.05) is 44.2 Å². The minimum atomic E-state index is -0.705. The standard InChI is InChI=1S/C29H28N2O4/c1-18(2)20-7-9-21(10-8-20)26-25(27(32)23-11-12-24-22(15-23)6-4-14-35-24)28(33)29(34)31(26)17-19-5-3-13-30-16-19/h3,5,7-13,15-16,18,26,32H,4,6,14,17H2,1-2H3/b27-25-. The van der Waals surface area contributed by atoms with Gasteiger partial charge < -0.3 is 14.7 Å². The van der Waals surface area contributed by atoms with Gasteiger partial charge in [-0.2, -0.15) is 0 Å². The van der Waals surface area contributed by atoms with E-state index in [2.05, 4.69) is 18.8 Å². The largest absolute Gasteiger partial charge is 0.507 e. The number of ether oxygens (including phenoxy) is 1. The highest BCUT2D eigenvalue weighted by Crippen LogP contribution is 2.41. The molecule has 35 heavy (non-hydrogen) atoms. The minimum Gasteiger partial charge on any atom is -0.507 e. The van der Waals surface area contributed by atoms with E-state index in [4.69, 9.17) is 4.74 Å². The number of Topliss-reactive ketones (excluding diaryl/α,β-unsaturated/α-hetero) is 1. The molecule has 0 aliphatic carbocycles. The van der Waals surface area contributed by atoms with Gasteiger partial charge in [0.05, 0.1) is 18.2 Å². The molecule has 178 valence electrons. The summed E-state index contributed by atoms with van der Waals surface area (Å²) in [7, 11) is 0. The fraction of sp³-hybridized carbons (Fsp3) is 0.276. The number of fused-ring (bicyclic) bond motifs is 1. The lowest BCUT2D eigenvalue weighted by Gasteiger charge is -2.26. The second-order valence-corrected chi connectivity index (χ2v) is 9.38. The Balaban J connectivity index is 1.62. The summed E-state index contributed by atoms with van der Waals surface area (Å²) in [6, 6.07) is 16.3. The Kier molecular flexibility index (Phi) is 6.12. The maximum atomic E-state index is 13.3. The average Bonchev–Trinajstić information content (AvgIpc) is 3.13. The zero-order valence-electron chi connectivity index (χ0n) is 19.9. The number of aliphatic hydroxyl groups excluding tert-OH is 1. The molecule has 2 aromatic carbocycles. The van der Waals surface area contributed by atoms with Crippen LogP contribution in [0.15, 0.2) is 72.6 Å². The summed E-state index contributed by atoms with van der Waals surface area (Å²) < 4.78 is 5.69. The number of benzene rings is 2. The highest BCUT2D eigenvalue weighted by molar-refractivity contribution is 6.46. The monoisotopic (exact) mass is 468 g/mol. The van der Waals surface area contributed by atoms with E-state index in [0.717, 1.165) is 40.8 Å². The molecule has 1 saturated heterocycles. The van der Waals surface area contributed by atoms with Crippen LogP contribution in [0.2, 0.25) is 0 Å². The van der Waals surface area contributed by atoms with Gasteiger partial charge in [-0.25, -0.2) is 0 Å². The van der Waals surface area contributed by atoms with Crippen molar-refractivity contribution in [1.82, 2.24) is 9.88 Å². The van der Waals surface area contributed by atoms with E-state index in [1.165, 1.54) is 4.90 Å². The molecule has 5 rings (SSSR count). The Morgan fingerprint density at radius 2 is 1.94 bits per heavy atom. The van der Waals surface area contributed by atoms with Crippen LogP contribution in [0.5, 0.6) is 5.75 Å². The van der Waals surface area contributed by atoms with Crippen molar-refractivity contribution in [1.29, 1.82) is 0 Å². The van der Waals surface area contributed by atoms with Gasteiger partial charge in [-0.3, -0.25) is 14.6 Å². The maximum Gasteiger partial charge on any atom is 0.295 e. The number of hydrogen-bond acceptors (Lipinski definition) is 5. The fourth-order valence-electron chi connectivity index (χ4n) is 4.80. The third kappa shape index (κ3) is 4.32. The molecule has 2 aliphatic rings. The third-order valence-corrected chi connectivity index (χ3v) is 6.72. The topological polar surface area (TPSA) is 79.7 Å². The van der Waals surface area contributed by atoms with Crippen molar-refractivity contribution in [2.75, 3.05) is 6.61 Å². The van der Waals surface area contributed by atoms with Crippen molar-refractivity contribution < 1.29 is 19.4 Å². The van der Waals surface area contributed by atoms with Crippen molar-refractivity contribution >= 4 is 17.4 Å². The molecule has 0 spiro atoms. The molecule has 1 N–H and O–H groups in total. The number of rotatable bonds is 5. The first-order valence-electron chi connectivity index (χ1n) is 12.0. The van der Waals surface area contributed by atoms with Crippen LogP contribution in [0.1, 0.15) is 60.0 Å². The molecular formula is C29H28N2O4. The van der Waals surface area contributed by atoms with Crippen LogP contribution < -0.4 is 4.74 Å². The number of aryl methyl sites for hydroxylation is 1. The molecule has 2 aliphatic heterocycles. The van der Waals surface area contributed by atoms with Gasteiger partial charge >= 0.3 is 0 Å². The molecule has 1 unspecified atom stereocenters. The quantitative estimate of drug-likeness (QED) is 0.318. The summed E-state index contributed by atoms with van der Waals surface area (Å²) in [5.41, 5.74) is 4.35. The van der Waals surface area contributed by atoms with Crippen LogP contribution >= 0.6 is 0 Å². The second kappa shape index (κ2) is 9.37. The van der Waals surface area contributed by atoms with Gasteiger partial charge in [-0.05, 0) is 65.3 Å². The van der Waals surface area contributed by atoms with Gasteiger partial charge in [0, 0.05) is 24.5 Å². The highest BCUT2D eigenvalue weighted by atomic mass is 16.5. The highest BCUT2D eigenvalue weighted by Gasteiger charge is 2.46. The lowest BCUT2D eigenvalue weighted by atomic mass is 9.92. The SMILES string of the molecule is CC(C)c1ccc(C2/C(=C(/O)c3ccc4c(c3)CCCO4)C(=O)C(=O)N2Cc2cccnc2)cc1. The number of aliphatic hydroxyl groups is 1. The van der Waals surface area contributed by atoms with Crippen molar-refractivity contribution in [3.05, 3.63) is 100 Å². The molecule has 0 radical (unpaired) electrons. The molecule has 6 nitrogen and oxygen atoms in total. The van der Waals surface area contributed by atoms with E-state index in [1.54, 1.807) is 24.5 Å². The lowest BCUT2D eigenvalue weighted by molar-refractivity contribution is -0.140. The van der Waals surface area contributed by atoms with Gasteiger partial charge in [0.25, 0.3) is 11.7 Å². The first-order chi connectivity index (χ1) is 16.9. The number of aromatic nitrogens is 1. The number of hydrogen-bond donors (Lipinski definition) is 1. The number of likely N-dealkylation sites (tertiary alicyclic amines) is 1. The van der Waals surface area contributed by atoms with E-state index in [9.17, 15) is 14.7 Å². The minimum absolute atomic E-state index is 0.105. The van der Waals surface area contributed by atoms with Gasteiger partial charge in [-0.15, -0.1) is 0 Å². The Morgan fingerprint density at radius 3 is 2.66 bits per heavy atom. The average molecular weight is 469 g/mol. The fourth-order valence-corrected chi connectivity index (χ4v) is 4.80. The molecular weight excluding hydrogens is 440 g/mol. The Hall–Kier alpha value is -3.93. The van der Waals surface area contributed by atoms with Gasteiger partial charge in [0.15, 0.2) is 0 Å². The summed E-state index contributed by atoms with van der Waals surface area (Å²) in [5, 5.41) is 11.4. The van der Waals surface area contributed by atoms with Gasteiger partial charge in [0.1, 0.15) is 11.5 Å². The van der Waals surface area contributed by atoms with Gasteiger partial charge in [0.2, 0.25) is 0 Å². The first kappa shape index (κ1) is 22.8. The Morgan fingerprint density at radius 1 is 1.14 bits per heavy atom. The zero-order valence-corrected chi connectivity index (χ0v) is 19.9. The van der Waals surface area contributed by atoms with Crippen molar-refractivity contribution in [3.63, 3.8) is 0 Å². The van der Waals surface area contributed by atoms with E-state index in [1.807, 2.05) is 42.5 Å². The summed E-state index contributed by atoms with van der Waals surface area (Å²) >= 11 is 0. The summed E-state index contributed by atoms with van der Waals surface area (Å²) in [6.07, 6.45) is 5.09. The van der Waals surface area contributed by atoms with Crippen LogP contribution in [0.25, 0.3) is 5.76 Å². The number of pyridine rings is 1. The van der Waals surface area contributed by atoms with Crippen LogP contribution in [-0.4, -0.2) is 33.3 Å². The normalized spacial score (nSPS) is 19.1. The zero-order chi connectivity index (χ0) is 24.5. The number of ketones is 1. The molecule has 1 amide bonds. The maximum absolute atomic E-state index is 13.3. The summed E-state index contributed by atoms with van der Waals surface area (Å²) in [4.78, 5) is 32.2. The number of amides is 1. The van der Waals surface area contributed by atoms with Crippen molar-refractivity contribution in [2.45, 2.75) is 45.2 Å². The predicted octanol–water partition coefficient (Wildman–Crippen LogP) is 5.15. The smallest absolute Gasteiger partial charge is 0.295 e. The molecule has 3 aromatic rings. The molecule has 0 saturated carbocycles. The lowest BCUT2D eigenvalue weighted by Crippen LogP contribution is -2.29. The molecule has 0 bridgehead atoms. The molecule has 3 heterocycles. The van der Waals surface area contributed by atoms with E-state index in [0.29, 0.717) is 18.1 Å². The van der Waals surface area contributed by atoms with Crippen LogP contribution in [0.4, 0.5) is 0 Å². The second-order valence-electron chi connectivity index (χ2n) is 9.38. The molecule has 1 atom stereocenters. The number of nitrogens with zero attached hydrogens (tertiary/aromatic N) is 2. The van der Waals surface area contributed by atoms with Crippen LogP contribution in [0, 0.1) is 0 Å². The molecule has 6 heteroatoms. The Labute approximate surface area is 204 Å². The summed E-state index contributed by atoms with van der Waals surface area (Å²) in [6.45, 7) is 5.11. The van der Waals surface area contributed by atoms with Crippen molar-refractivity contribution in [3.8, 4) is 5.75 Å². The van der Waals surface area contributed by atoms with Crippen LogP contribution in [0.3, 0.4) is 0 Å².